The minimum atomic E-state index is -4.48. The van der Waals surface area contributed by atoms with Crippen molar-refractivity contribution in [3.63, 3.8) is 0 Å². The first-order valence-corrected chi connectivity index (χ1v) is 9.98. The molecule has 1 N–H and O–H groups in total. The summed E-state index contributed by atoms with van der Waals surface area (Å²) in [6.45, 7) is 2.81. The lowest BCUT2D eigenvalue weighted by Crippen LogP contribution is -2.50. The summed E-state index contributed by atoms with van der Waals surface area (Å²) >= 11 is 6.10. The predicted octanol–water partition coefficient (Wildman–Crippen LogP) is 4.95. The van der Waals surface area contributed by atoms with Gasteiger partial charge < -0.3 is 24.6 Å². The fourth-order valence-corrected chi connectivity index (χ4v) is 3.47. The van der Waals surface area contributed by atoms with Crippen LogP contribution in [-0.4, -0.2) is 57.0 Å². The molecule has 3 rings (SSSR count). The second kappa shape index (κ2) is 9.55. The van der Waals surface area contributed by atoms with Gasteiger partial charge in [-0.2, -0.15) is 13.2 Å². The molecular formula is C21H23ClF3N3O3. The molecular weight excluding hydrogens is 435 g/mol. The summed E-state index contributed by atoms with van der Waals surface area (Å²) < 4.78 is 47.3. The summed E-state index contributed by atoms with van der Waals surface area (Å²) in [4.78, 5) is 16.5. The van der Waals surface area contributed by atoms with Crippen LogP contribution in [0.1, 0.15) is 5.56 Å². The number of benzene rings is 2. The first kappa shape index (κ1) is 22.9. The van der Waals surface area contributed by atoms with E-state index < -0.39 is 12.8 Å². The Bertz CT molecular complexity index is 932. The highest BCUT2D eigenvalue weighted by Gasteiger charge is 2.29. The Balaban J connectivity index is 1.61. The predicted molar refractivity (Wildman–Crippen MR) is 114 cm³/mol. The smallest absolute Gasteiger partial charge is 0.422 e. The van der Waals surface area contributed by atoms with Crippen LogP contribution in [0.3, 0.4) is 0 Å². The number of aryl methyl sites for hydroxylation is 1. The minimum absolute atomic E-state index is 0.0983. The molecule has 1 aliphatic heterocycles. The van der Waals surface area contributed by atoms with Gasteiger partial charge in [0.1, 0.15) is 0 Å². The summed E-state index contributed by atoms with van der Waals surface area (Å²) in [5.74, 6) is 0.0478. The molecule has 0 saturated carbocycles. The molecule has 0 bridgehead atoms. The molecule has 10 heteroatoms. The van der Waals surface area contributed by atoms with Crippen molar-refractivity contribution in [3.05, 3.63) is 47.0 Å². The Kier molecular flexibility index (Phi) is 7.04. The van der Waals surface area contributed by atoms with Gasteiger partial charge in [-0.15, -0.1) is 0 Å². The number of rotatable bonds is 5. The van der Waals surface area contributed by atoms with E-state index in [0.29, 0.717) is 36.9 Å². The quantitative estimate of drug-likeness (QED) is 0.690. The molecule has 0 aliphatic carbocycles. The first-order chi connectivity index (χ1) is 14.7. The van der Waals surface area contributed by atoms with Crippen LogP contribution in [-0.2, 0) is 0 Å². The van der Waals surface area contributed by atoms with Crippen LogP contribution in [0.15, 0.2) is 36.4 Å². The number of hydrogen-bond donors (Lipinski definition) is 1. The third-order valence-electron chi connectivity index (χ3n) is 4.88. The number of piperazine rings is 1. The molecule has 1 fully saturated rings. The Labute approximate surface area is 183 Å². The highest BCUT2D eigenvalue weighted by atomic mass is 35.5. The van der Waals surface area contributed by atoms with E-state index >= 15 is 0 Å². The number of ether oxygens (including phenoxy) is 2. The average Bonchev–Trinajstić information content (AvgIpc) is 2.73. The molecule has 6 nitrogen and oxygen atoms in total. The molecule has 0 aromatic heterocycles. The third-order valence-corrected chi connectivity index (χ3v) is 5.12. The largest absolute Gasteiger partial charge is 0.493 e. The monoisotopic (exact) mass is 457 g/mol. The van der Waals surface area contributed by atoms with Gasteiger partial charge in [0.05, 0.1) is 7.11 Å². The molecule has 1 saturated heterocycles. The average molecular weight is 458 g/mol. The molecule has 1 heterocycles. The molecule has 2 aromatic rings. The van der Waals surface area contributed by atoms with Crippen molar-refractivity contribution < 1.29 is 27.4 Å². The van der Waals surface area contributed by atoms with E-state index in [2.05, 4.69) is 10.2 Å². The number of methoxy groups -OCH3 is 1. The van der Waals surface area contributed by atoms with Crippen molar-refractivity contribution in [2.24, 2.45) is 0 Å². The number of amides is 2. The number of urea groups is 1. The van der Waals surface area contributed by atoms with E-state index in [9.17, 15) is 18.0 Å². The van der Waals surface area contributed by atoms with Crippen LogP contribution in [0.5, 0.6) is 11.5 Å². The molecule has 168 valence electrons. The van der Waals surface area contributed by atoms with Crippen LogP contribution < -0.4 is 19.7 Å². The van der Waals surface area contributed by atoms with E-state index in [1.807, 2.05) is 25.1 Å². The molecule has 2 aromatic carbocycles. The third kappa shape index (κ3) is 6.10. The number of nitrogens with one attached hydrogen (secondary N) is 1. The SMILES string of the molecule is COc1ccc(NC(=O)N2CCN(c3cc(Cl)ccc3C)CC2)cc1OCC(F)(F)F. The number of anilines is 2. The fourth-order valence-electron chi connectivity index (χ4n) is 3.30. The Hall–Kier alpha value is -2.81. The van der Waals surface area contributed by atoms with E-state index in [1.165, 1.54) is 19.2 Å². The van der Waals surface area contributed by atoms with Gasteiger partial charge in [0.15, 0.2) is 18.1 Å². The van der Waals surface area contributed by atoms with Crippen LogP contribution >= 0.6 is 11.6 Å². The highest BCUT2D eigenvalue weighted by molar-refractivity contribution is 6.30. The second-order valence-corrected chi connectivity index (χ2v) is 7.54. The molecule has 0 spiro atoms. The van der Waals surface area contributed by atoms with Crippen LogP contribution in [0.4, 0.5) is 29.3 Å². The van der Waals surface area contributed by atoms with Crippen molar-refractivity contribution >= 4 is 29.0 Å². The number of hydrogen-bond acceptors (Lipinski definition) is 4. The van der Waals surface area contributed by atoms with E-state index in [1.54, 1.807) is 11.0 Å². The summed E-state index contributed by atoms with van der Waals surface area (Å²) in [5, 5.41) is 3.36. The van der Waals surface area contributed by atoms with Crippen LogP contribution in [0.25, 0.3) is 0 Å². The standard InChI is InChI=1S/C21H23ClF3N3O3/c1-14-3-4-15(22)11-17(14)27-7-9-28(10-8-27)20(29)26-16-5-6-18(30-2)19(12-16)31-13-21(23,24)25/h3-6,11-12H,7-10,13H2,1-2H3,(H,26,29). The molecule has 1 aliphatic rings. The number of alkyl halides is 3. The number of carbonyl (C=O) groups excluding carboxylic acids is 1. The van der Waals surface area contributed by atoms with Gasteiger partial charge in [-0.25, -0.2) is 4.79 Å². The summed E-state index contributed by atoms with van der Waals surface area (Å²) in [5.41, 5.74) is 2.46. The first-order valence-electron chi connectivity index (χ1n) is 9.61. The topological polar surface area (TPSA) is 54.0 Å². The Morgan fingerprint density at radius 3 is 2.45 bits per heavy atom. The normalized spacial score (nSPS) is 14.4. The van der Waals surface area contributed by atoms with Crippen molar-refractivity contribution in [2.45, 2.75) is 13.1 Å². The maximum atomic E-state index is 12.6. The zero-order valence-corrected chi connectivity index (χ0v) is 17.9. The Morgan fingerprint density at radius 1 is 1.10 bits per heavy atom. The second-order valence-electron chi connectivity index (χ2n) is 7.10. The Morgan fingerprint density at radius 2 is 1.81 bits per heavy atom. The van der Waals surface area contributed by atoms with Gasteiger partial charge in [-0.3, -0.25) is 0 Å². The summed E-state index contributed by atoms with van der Waals surface area (Å²) in [6, 6.07) is 9.67. The van der Waals surface area contributed by atoms with Gasteiger partial charge in [0, 0.05) is 48.6 Å². The lowest BCUT2D eigenvalue weighted by molar-refractivity contribution is -0.153. The van der Waals surface area contributed by atoms with Gasteiger partial charge in [0.25, 0.3) is 0 Å². The van der Waals surface area contributed by atoms with Crippen LogP contribution in [0, 0.1) is 6.92 Å². The van der Waals surface area contributed by atoms with E-state index in [-0.39, 0.29) is 17.5 Å². The van der Waals surface area contributed by atoms with Crippen molar-refractivity contribution in [1.82, 2.24) is 4.90 Å². The molecule has 0 atom stereocenters. The molecule has 0 unspecified atom stereocenters. The fraction of sp³-hybridized carbons (Fsp3) is 0.381. The zero-order chi connectivity index (χ0) is 22.6. The highest BCUT2D eigenvalue weighted by Crippen LogP contribution is 2.32. The van der Waals surface area contributed by atoms with Gasteiger partial charge in [-0.1, -0.05) is 17.7 Å². The maximum Gasteiger partial charge on any atom is 0.422 e. The van der Waals surface area contributed by atoms with Crippen molar-refractivity contribution in [1.29, 1.82) is 0 Å². The number of nitrogens with zero attached hydrogens (tertiary/aromatic N) is 2. The zero-order valence-electron chi connectivity index (χ0n) is 17.1. The van der Waals surface area contributed by atoms with Crippen LogP contribution in [0.2, 0.25) is 5.02 Å². The van der Waals surface area contributed by atoms with Crippen molar-refractivity contribution in [3.8, 4) is 11.5 Å². The van der Waals surface area contributed by atoms with E-state index in [4.69, 9.17) is 21.1 Å². The lowest BCUT2D eigenvalue weighted by Gasteiger charge is -2.36. The van der Waals surface area contributed by atoms with E-state index in [0.717, 1.165) is 11.3 Å². The summed E-state index contributed by atoms with van der Waals surface area (Å²) in [6.07, 6.45) is -4.48. The lowest BCUT2D eigenvalue weighted by atomic mass is 10.1. The van der Waals surface area contributed by atoms with Gasteiger partial charge >= 0.3 is 12.2 Å². The molecule has 0 radical (unpaired) electrons. The van der Waals surface area contributed by atoms with Gasteiger partial charge in [0.2, 0.25) is 0 Å². The number of carbonyl (C=O) groups is 1. The molecule has 31 heavy (non-hydrogen) atoms. The van der Waals surface area contributed by atoms with Crippen molar-refractivity contribution in [2.75, 3.05) is 50.1 Å². The maximum absolute atomic E-state index is 12.6. The molecule has 2 amide bonds. The minimum Gasteiger partial charge on any atom is -0.493 e. The summed E-state index contributed by atoms with van der Waals surface area (Å²) in [7, 11) is 1.33. The number of halogens is 4. The van der Waals surface area contributed by atoms with Gasteiger partial charge in [-0.05, 0) is 36.8 Å².